The Hall–Kier alpha value is -1.00. The molecule has 12 heavy (non-hydrogen) atoms. The van der Waals surface area contributed by atoms with Crippen LogP contribution in [0.5, 0.6) is 0 Å². The average Bonchev–Trinajstić information content (AvgIpc) is 2.06. The van der Waals surface area contributed by atoms with Crippen LogP contribution in [0.2, 0.25) is 0 Å². The Morgan fingerprint density at radius 3 is 2.25 bits per heavy atom. The van der Waals surface area contributed by atoms with Crippen LogP contribution in [0.25, 0.3) is 0 Å². The monoisotopic (exact) mass is 173 g/mol. The summed E-state index contributed by atoms with van der Waals surface area (Å²) < 4.78 is 24.0. The smallest absolute Gasteiger partial charge is 0.263 e. The Labute approximate surface area is 68.8 Å². The van der Waals surface area contributed by atoms with Gasteiger partial charge in [0.15, 0.2) is 0 Å². The molecule has 1 aromatic carbocycles. The van der Waals surface area contributed by atoms with Crippen LogP contribution < -0.4 is 5.48 Å². The largest absolute Gasteiger partial charge is 0.316 e. The molecule has 0 spiro atoms. The lowest BCUT2D eigenvalue weighted by Crippen LogP contribution is -2.05. The van der Waals surface area contributed by atoms with Crippen molar-refractivity contribution in [3.8, 4) is 0 Å². The van der Waals surface area contributed by atoms with Gasteiger partial charge in [-0.3, -0.25) is 0 Å². The number of hydrogen-bond acceptors (Lipinski definition) is 2. The molecule has 2 nitrogen and oxygen atoms in total. The predicted octanol–water partition coefficient (Wildman–Crippen LogP) is 2.10. The van der Waals surface area contributed by atoms with E-state index < -0.39 is 6.43 Å². The second-order valence-corrected chi connectivity index (χ2v) is 2.38. The SMILES string of the molecule is ONCc1ccc(C(F)F)cc1. The molecular weight excluding hydrogens is 164 g/mol. The summed E-state index contributed by atoms with van der Waals surface area (Å²) in [5, 5.41) is 8.30. The molecule has 0 fully saturated rings. The van der Waals surface area contributed by atoms with E-state index in [4.69, 9.17) is 5.21 Å². The third-order valence-corrected chi connectivity index (χ3v) is 1.51. The van der Waals surface area contributed by atoms with Crippen LogP contribution in [0.15, 0.2) is 24.3 Å². The molecule has 1 aromatic rings. The van der Waals surface area contributed by atoms with Crippen molar-refractivity contribution in [3.05, 3.63) is 35.4 Å². The van der Waals surface area contributed by atoms with Crippen molar-refractivity contribution in [2.24, 2.45) is 0 Å². The molecule has 0 bridgehead atoms. The molecule has 0 aliphatic rings. The molecule has 0 radical (unpaired) electrons. The number of hydroxylamine groups is 1. The molecule has 0 aromatic heterocycles. The molecule has 0 aliphatic heterocycles. The van der Waals surface area contributed by atoms with Gasteiger partial charge in [-0.25, -0.2) is 14.3 Å². The summed E-state index contributed by atoms with van der Waals surface area (Å²) in [5.41, 5.74) is 2.71. The summed E-state index contributed by atoms with van der Waals surface area (Å²) in [6.07, 6.45) is -2.43. The van der Waals surface area contributed by atoms with Crippen molar-refractivity contribution < 1.29 is 14.0 Å². The van der Waals surface area contributed by atoms with Gasteiger partial charge in [-0.15, -0.1) is 0 Å². The Kier molecular flexibility index (Phi) is 3.13. The van der Waals surface area contributed by atoms with Crippen LogP contribution in [0, 0.1) is 0 Å². The highest BCUT2D eigenvalue weighted by molar-refractivity contribution is 5.22. The summed E-state index contributed by atoms with van der Waals surface area (Å²) >= 11 is 0. The van der Waals surface area contributed by atoms with Gasteiger partial charge < -0.3 is 5.21 Å². The summed E-state index contributed by atoms with van der Waals surface area (Å²) in [4.78, 5) is 0. The maximum atomic E-state index is 12.0. The van der Waals surface area contributed by atoms with E-state index in [-0.39, 0.29) is 12.1 Å². The van der Waals surface area contributed by atoms with Crippen LogP contribution in [0.3, 0.4) is 0 Å². The van der Waals surface area contributed by atoms with Gasteiger partial charge in [0.2, 0.25) is 0 Å². The highest BCUT2D eigenvalue weighted by Gasteiger charge is 2.04. The fraction of sp³-hybridized carbons (Fsp3) is 0.250. The number of halogens is 2. The Bertz CT molecular complexity index is 235. The van der Waals surface area contributed by atoms with Crippen molar-refractivity contribution in [1.29, 1.82) is 0 Å². The van der Waals surface area contributed by atoms with E-state index >= 15 is 0 Å². The highest BCUT2D eigenvalue weighted by atomic mass is 19.3. The molecule has 4 heteroatoms. The zero-order valence-electron chi connectivity index (χ0n) is 6.30. The maximum Gasteiger partial charge on any atom is 0.263 e. The van der Waals surface area contributed by atoms with E-state index in [2.05, 4.69) is 0 Å². The Morgan fingerprint density at radius 1 is 1.25 bits per heavy atom. The fourth-order valence-electron chi connectivity index (χ4n) is 0.872. The van der Waals surface area contributed by atoms with Gasteiger partial charge in [0.1, 0.15) is 0 Å². The highest BCUT2D eigenvalue weighted by Crippen LogP contribution is 2.18. The molecule has 66 valence electrons. The summed E-state index contributed by atoms with van der Waals surface area (Å²) in [6, 6.07) is 5.78. The molecule has 0 heterocycles. The van der Waals surface area contributed by atoms with Gasteiger partial charge in [-0.2, -0.15) is 0 Å². The molecule has 2 N–H and O–H groups in total. The minimum atomic E-state index is -2.43. The standard InChI is InChI=1S/C8H9F2NO/c9-8(10)7-3-1-6(2-4-7)5-11-12/h1-4,8,11-12H,5H2. The van der Waals surface area contributed by atoms with Crippen LogP contribution in [-0.4, -0.2) is 5.21 Å². The second kappa shape index (κ2) is 4.13. The van der Waals surface area contributed by atoms with Crippen LogP contribution in [0.1, 0.15) is 17.6 Å². The summed E-state index contributed by atoms with van der Waals surface area (Å²) in [7, 11) is 0. The van der Waals surface area contributed by atoms with Crippen molar-refractivity contribution in [1.82, 2.24) is 5.48 Å². The van der Waals surface area contributed by atoms with E-state index in [1.54, 1.807) is 12.1 Å². The lowest BCUT2D eigenvalue weighted by Gasteiger charge is -2.01. The van der Waals surface area contributed by atoms with E-state index in [0.717, 1.165) is 5.56 Å². The zero-order chi connectivity index (χ0) is 8.97. The van der Waals surface area contributed by atoms with E-state index in [1.807, 2.05) is 5.48 Å². The third kappa shape index (κ3) is 2.25. The molecule has 0 saturated carbocycles. The normalized spacial score (nSPS) is 10.7. The first-order valence-electron chi connectivity index (χ1n) is 3.48. The summed E-state index contributed by atoms with van der Waals surface area (Å²) in [5.74, 6) is 0. The predicted molar refractivity (Wildman–Crippen MR) is 40.0 cm³/mol. The first-order chi connectivity index (χ1) is 5.74. The summed E-state index contributed by atoms with van der Waals surface area (Å²) in [6.45, 7) is 0.267. The van der Waals surface area contributed by atoms with Gasteiger partial charge in [0.25, 0.3) is 6.43 Å². The van der Waals surface area contributed by atoms with Gasteiger partial charge in [0, 0.05) is 12.1 Å². The minimum Gasteiger partial charge on any atom is -0.316 e. The van der Waals surface area contributed by atoms with Crippen LogP contribution >= 0.6 is 0 Å². The number of rotatable bonds is 3. The van der Waals surface area contributed by atoms with Crippen molar-refractivity contribution in [3.63, 3.8) is 0 Å². The average molecular weight is 173 g/mol. The zero-order valence-corrected chi connectivity index (χ0v) is 6.30. The van der Waals surface area contributed by atoms with E-state index in [9.17, 15) is 8.78 Å². The fourth-order valence-corrected chi connectivity index (χ4v) is 0.872. The van der Waals surface area contributed by atoms with Crippen LogP contribution in [-0.2, 0) is 6.54 Å². The molecule has 0 unspecified atom stereocenters. The number of alkyl halides is 2. The molecule has 0 aliphatic carbocycles. The Morgan fingerprint density at radius 2 is 1.83 bits per heavy atom. The van der Waals surface area contributed by atoms with Crippen molar-refractivity contribution >= 4 is 0 Å². The van der Waals surface area contributed by atoms with Crippen molar-refractivity contribution in [2.75, 3.05) is 0 Å². The van der Waals surface area contributed by atoms with Crippen molar-refractivity contribution in [2.45, 2.75) is 13.0 Å². The number of hydrogen-bond donors (Lipinski definition) is 2. The first kappa shape index (κ1) is 9.09. The van der Waals surface area contributed by atoms with Gasteiger partial charge in [0.05, 0.1) is 0 Å². The molecule has 0 atom stereocenters. The minimum absolute atomic E-state index is 0.00307. The van der Waals surface area contributed by atoms with E-state index in [1.165, 1.54) is 12.1 Å². The van der Waals surface area contributed by atoms with Crippen LogP contribution in [0.4, 0.5) is 8.78 Å². The number of benzene rings is 1. The topological polar surface area (TPSA) is 32.3 Å². The molecule has 0 saturated heterocycles. The Balaban J connectivity index is 2.71. The quantitative estimate of drug-likeness (QED) is 0.686. The third-order valence-electron chi connectivity index (χ3n) is 1.51. The molecular formula is C8H9F2NO. The second-order valence-electron chi connectivity index (χ2n) is 2.38. The first-order valence-corrected chi connectivity index (χ1v) is 3.48. The lowest BCUT2D eigenvalue weighted by molar-refractivity contribution is 0.151. The van der Waals surface area contributed by atoms with E-state index in [0.29, 0.717) is 0 Å². The molecule has 0 amide bonds. The van der Waals surface area contributed by atoms with Gasteiger partial charge in [-0.1, -0.05) is 24.3 Å². The molecule has 1 rings (SSSR count). The lowest BCUT2D eigenvalue weighted by atomic mass is 10.1. The maximum absolute atomic E-state index is 12.0. The van der Waals surface area contributed by atoms with Gasteiger partial charge in [-0.05, 0) is 5.56 Å². The van der Waals surface area contributed by atoms with Gasteiger partial charge >= 0.3 is 0 Å². The number of nitrogens with one attached hydrogen (secondary N) is 1.